The van der Waals surface area contributed by atoms with Crippen LogP contribution in [0.5, 0.6) is 0 Å². The molecule has 0 aromatic heterocycles. The molecule has 0 heterocycles. The third kappa shape index (κ3) is 4.42. The molecule has 0 unspecified atom stereocenters. The van der Waals surface area contributed by atoms with Gasteiger partial charge in [-0.05, 0) is 36.5 Å². The van der Waals surface area contributed by atoms with Gasteiger partial charge in [0.1, 0.15) is 0 Å². The fourth-order valence-electron chi connectivity index (χ4n) is 3.24. The lowest BCUT2D eigenvalue weighted by Crippen LogP contribution is -2.43. The summed E-state index contributed by atoms with van der Waals surface area (Å²) in [6.45, 7) is 4.14. The van der Waals surface area contributed by atoms with E-state index in [0.29, 0.717) is 5.92 Å². The molecule has 2 rings (SSSR count). The molecule has 0 amide bonds. The number of carbonyl (C=O) groups is 2. The summed E-state index contributed by atoms with van der Waals surface area (Å²) in [6.07, 6.45) is 2.78. The van der Waals surface area contributed by atoms with Crippen molar-refractivity contribution in [3.63, 3.8) is 0 Å². The van der Waals surface area contributed by atoms with Crippen LogP contribution in [-0.4, -0.2) is 40.6 Å². The number of carbonyl (C=O) groups excluding carboxylic acids is 2. The molecular formula is C18H25NO6S. The van der Waals surface area contributed by atoms with Crippen molar-refractivity contribution < 1.29 is 27.5 Å². The number of sulfonamides is 1. The van der Waals surface area contributed by atoms with Crippen LogP contribution < -0.4 is 4.72 Å². The number of ether oxygens (including phenoxy) is 2. The zero-order chi connectivity index (χ0) is 19.5. The van der Waals surface area contributed by atoms with Crippen molar-refractivity contribution in [3.05, 3.63) is 29.3 Å². The molecule has 1 aliphatic carbocycles. The molecule has 0 saturated heterocycles. The lowest BCUT2D eigenvalue weighted by molar-refractivity contribution is 0.0598. The minimum Gasteiger partial charge on any atom is -0.465 e. The molecule has 1 saturated carbocycles. The van der Waals surface area contributed by atoms with Crippen molar-refractivity contribution in [2.45, 2.75) is 44.0 Å². The molecule has 8 heteroatoms. The Balaban J connectivity index is 2.41. The molecule has 3 atom stereocenters. The van der Waals surface area contributed by atoms with Gasteiger partial charge in [-0.15, -0.1) is 0 Å². The molecule has 1 aromatic carbocycles. The third-order valence-electron chi connectivity index (χ3n) is 5.07. The van der Waals surface area contributed by atoms with E-state index >= 15 is 0 Å². The van der Waals surface area contributed by atoms with Gasteiger partial charge in [0.2, 0.25) is 10.0 Å². The molecule has 1 aromatic rings. The van der Waals surface area contributed by atoms with Crippen LogP contribution >= 0.6 is 0 Å². The average Bonchev–Trinajstić information content (AvgIpc) is 2.63. The standard InChI is InChI=1S/C18H25NO6S/c1-11-6-5-7-16(12(11)2)19-26(22,23)15-9-13(17(20)24-3)8-14(10-15)18(21)25-4/h8-12,16,19H,5-7H2,1-4H3/t11-,12+,16-/m1/s1. The van der Waals surface area contributed by atoms with E-state index in [-0.39, 0.29) is 28.0 Å². The van der Waals surface area contributed by atoms with E-state index in [9.17, 15) is 18.0 Å². The van der Waals surface area contributed by atoms with Crippen molar-refractivity contribution in [1.82, 2.24) is 4.72 Å². The Labute approximate surface area is 154 Å². The van der Waals surface area contributed by atoms with Gasteiger partial charge in [0.15, 0.2) is 0 Å². The first-order valence-electron chi connectivity index (χ1n) is 8.53. The molecule has 0 bridgehead atoms. The number of esters is 2. The van der Waals surface area contributed by atoms with Crippen molar-refractivity contribution in [3.8, 4) is 0 Å². The first-order chi connectivity index (χ1) is 12.2. The van der Waals surface area contributed by atoms with Gasteiger partial charge in [-0.3, -0.25) is 0 Å². The zero-order valence-electron chi connectivity index (χ0n) is 15.4. The van der Waals surface area contributed by atoms with Crippen LogP contribution in [-0.2, 0) is 19.5 Å². The minimum absolute atomic E-state index is 0.0270. The second kappa shape index (κ2) is 8.18. The maximum absolute atomic E-state index is 12.9. The highest BCUT2D eigenvalue weighted by molar-refractivity contribution is 7.89. The van der Waals surface area contributed by atoms with E-state index in [1.54, 1.807) is 0 Å². The van der Waals surface area contributed by atoms with Crippen molar-refractivity contribution in [1.29, 1.82) is 0 Å². The van der Waals surface area contributed by atoms with Crippen LogP contribution in [0.4, 0.5) is 0 Å². The lowest BCUT2D eigenvalue weighted by Gasteiger charge is -2.34. The van der Waals surface area contributed by atoms with E-state index in [0.717, 1.165) is 19.3 Å². The number of nitrogens with one attached hydrogen (secondary N) is 1. The third-order valence-corrected chi connectivity index (χ3v) is 6.54. The summed E-state index contributed by atoms with van der Waals surface area (Å²) in [6, 6.07) is 3.48. The molecule has 144 valence electrons. The van der Waals surface area contributed by atoms with E-state index in [4.69, 9.17) is 0 Å². The Morgan fingerprint density at radius 2 is 1.54 bits per heavy atom. The Morgan fingerprint density at radius 3 is 2.04 bits per heavy atom. The Hall–Kier alpha value is -1.93. The molecule has 0 spiro atoms. The zero-order valence-corrected chi connectivity index (χ0v) is 16.3. The fourth-order valence-corrected chi connectivity index (χ4v) is 4.67. The lowest BCUT2D eigenvalue weighted by atomic mass is 9.78. The topological polar surface area (TPSA) is 98.8 Å². The van der Waals surface area contributed by atoms with Gasteiger partial charge in [-0.1, -0.05) is 26.7 Å². The molecule has 26 heavy (non-hydrogen) atoms. The predicted octanol–water partition coefficient (Wildman–Crippen LogP) is 2.36. The summed E-state index contributed by atoms with van der Waals surface area (Å²) in [7, 11) is -1.54. The number of rotatable bonds is 5. The normalized spacial score (nSPS) is 23.3. The summed E-state index contributed by atoms with van der Waals surface area (Å²) in [4.78, 5) is 23.5. The van der Waals surface area contributed by atoms with Gasteiger partial charge in [0, 0.05) is 6.04 Å². The molecule has 1 aliphatic rings. The summed E-state index contributed by atoms with van der Waals surface area (Å²) in [5.74, 6) is -0.843. The van der Waals surface area contributed by atoms with Crippen LogP contribution in [0.2, 0.25) is 0 Å². The number of hydrogen-bond donors (Lipinski definition) is 1. The van der Waals surface area contributed by atoms with Gasteiger partial charge in [-0.2, -0.15) is 0 Å². The Bertz CT molecular complexity index is 755. The van der Waals surface area contributed by atoms with Gasteiger partial charge in [0.25, 0.3) is 0 Å². The second-order valence-corrected chi connectivity index (χ2v) is 8.44. The van der Waals surface area contributed by atoms with Crippen LogP contribution in [0, 0.1) is 11.8 Å². The highest BCUT2D eigenvalue weighted by Gasteiger charge is 2.31. The van der Waals surface area contributed by atoms with Gasteiger partial charge in [-0.25, -0.2) is 22.7 Å². The highest BCUT2D eigenvalue weighted by atomic mass is 32.2. The number of methoxy groups -OCH3 is 2. The van der Waals surface area contributed by atoms with Gasteiger partial charge in [0.05, 0.1) is 30.2 Å². The largest absolute Gasteiger partial charge is 0.465 e. The molecular weight excluding hydrogens is 358 g/mol. The van der Waals surface area contributed by atoms with E-state index in [2.05, 4.69) is 21.1 Å². The molecule has 7 nitrogen and oxygen atoms in total. The molecule has 1 fully saturated rings. The SMILES string of the molecule is COC(=O)c1cc(C(=O)OC)cc(S(=O)(=O)N[C@@H]2CCC[C@@H](C)[C@@H]2C)c1. The minimum atomic E-state index is -3.91. The van der Waals surface area contributed by atoms with E-state index in [1.807, 2.05) is 6.92 Å². The van der Waals surface area contributed by atoms with Crippen molar-refractivity contribution in [2.24, 2.45) is 11.8 Å². The molecule has 1 N–H and O–H groups in total. The van der Waals surface area contributed by atoms with Gasteiger partial charge < -0.3 is 9.47 Å². The smallest absolute Gasteiger partial charge is 0.337 e. The van der Waals surface area contributed by atoms with Gasteiger partial charge >= 0.3 is 11.9 Å². The van der Waals surface area contributed by atoms with Crippen LogP contribution in [0.1, 0.15) is 53.8 Å². The van der Waals surface area contributed by atoms with Crippen LogP contribution in [0.3, 0.4) is 0 Å². The number of hydrogen-bond acceptors (Lipinski definition) is 6. The maximum atomic E-state index is 12.9. The van der Waals surface area contributed by atoms with Crippen molar-refractivity contribution >= 4 is 22.0 Å². The quantitative estimate of drug-likeness (QED) is 0.784. The van der Waals surface area contributed by atoms with Crippen molar-refractivity contribution in [2.75, 3.05) is 14.2 Å². The first kappa shape index (κ1) is 20.4. The molecule has 0 radical (unpaired) electrons. The Kier molecular flexibility index (Phi) is 6.41. The second-order valence-electron chi connectivity index (χ2n) is 6.72. The predicted molar refractivity (Wildman–Crippen MR) is 95.4 cm³/mol. The van der Waals surface area contributed by atoms with Crippen LogP contribution in [0.25, 0.3) is 0 Å². The maximum Gasteiger partial charge on any atom is 0.337 e. The molecule has 0 aliphatic heterocycles. The monoisotopic (exact) mass is 383 g/mol. The van der Waals surface area contributed by atoms with Crippen LogP contribution in [0.15, 0.2) is 23.1 Å². The summed E-state index contributed by atoms with van der Waals surface area (Å²) >= 11 is 0. The first-order valence-corrected chi connectivity index (χ1v) is 10.0. The highest BCUT2D eigenvalue weighted by Crippen LogP contribution is 2.30. The summed E-state index contributed by atoms with van der Waals surface area (Å²) < 4.78 is 37.7. The summed E-state index contributed by atoms with van der Waals surface area (Å²) in [5, 5.41) is 0. The fraction of sp³-hybridized carbons (Fsp3) is 0.556. The Morgan fingerprint density at radius 1 is 1.00 bits per heavy atom. The average molecular weight is 383 g/mol. The van der Waals surface area contributed by atoms with E-state index in [1.165, 1.54) is 32.4 Å². The number of benzene rings is 1. The summed E-state index contributed by atoms with van der Waals surface area (Å²) in [5.41, 5.74) is -0.0540. The van der Waals surface area contributed by atoms with E-state index < -0.39 is 22.0 Å².